The molecule has 1 fully saturated rings. The Labute approximate surface area is 218 Å². The number of hydrogen-bond acceptors (Lipinski definition) is 10. The zero-order valence-corrected chi connectivity index (χ0v) is 21.6. The number of hydrogen-bond donors (Lipinski definition) is 1. The van der Waals surface area contributed by atoms with Gasteiger partial charge in [-0.15, -0.1) is 4.91 Å². The molecule has 3 heterocycles. The first kappa shape index (κ1) is 25.5. The third-order valence-electron chi connectivity index (χ3n) is 6.27. The normalized spacial score (nSPS) is 14.9. The molecule has 2 aromatic carbocycles. The first-order valence-corrected chi connectivity index (χ1v) is 13.7. The van der Waals surface area contributed by atoms with Crippen LogP contribution in [0.3, 0.4) is 0 Å². The van der Waals surface area contributed by atoms with E-state index in [1.54, 1.807) is 36.4 Å². The number of sulfone groups is 1. The van der Waals surface area contributed by atoms with Crippen LogP contribution >= 0.6 is 0 Å². The molecular formula is C26H25FN6O4S. The second-order valence-electron chi connectivity index (χ2n) is 9.06. The SMILES string of the molecule is CN1CCN(c2cc3c(Nc4ccc(S(C)(=O)=O)cc4)nc(/C=C/c4ccc(N=O)o4)nc3cc2F)CC1. The fourth-order valence-corrected chi connectivity index (χ4v) is 4.81. The minimum absolute atomic E-state index is 0.0533. The smallest absolute Gasteiger partial charge is 0.260 e. The zero-order valence-electron chi connectivity index (χ0n) is 20.8. The highest BCUT2D eigenvalue weighted by atomic mass is 32.2. The minimum Gasteiger partial charge on any atom is -0.436 e. The monoisotopic (exact) mass is 536 g/mol. The highest BCUT2D eigenvalue weighted by Gasteiger charge is 2.20. The molecule has 0 radical (unpaired) electrons. The first-order valence-electron chi connectivity index (χ1n) is 11.8. The molecule has 12 heteroatoms. The van der Waals surface area contributed by atoms with E-state index in [9.17, 15) is 13.3 Å². The maximum atomic E-state index is 15.3. The summed E-state index contributed by atoms with van der Waals surface area (Å²) in [5, 5.41) is 6.58. The summed E-state index contributed by atoms with van der Waals surface area (Å²) in [4.78, 5) is 24.2. The summed E-state index contributed by atoms with van der Waals surface area (Å²) < 4.78 is 44.2. The van der Waals surface area contributed by atoms with Gasteiger partial charge in [0.05, 0.1) is 16.1 Å². The molecule has 4 aromatic rings. The van der Waals surface area contributed by atoms with E-state index in [0.717, 1.165) is 19.3 Å². The lowest BCUT2D eigenvalue weighted by molar-refractivity contribution is 0.312. The lowest BCUT2D eigenvalue weighted by Gasteiger charge is -2.34. The summed E-state index contributed by atoms with van der Waals surface area (Å²) in [6, 6.07) is 12.4. The van der Waals surface area contributed by atoms with Crippen LogP contribution in [0.4, 0.5) is 27.5 Å². The van der Waals surface area contributed by atoms with E-state index in [2.05, 4.69) is 25.4 Å². The van der Waals surface area contributed by atoms with Crippen molar-refractivity contribution < 1.29 is 17.2 Å². The summed E-state index contributed by atoms with van der Waals surface area (Å²) in [6.07, 6.45) is 4.31. The summed E-state index contributed by atoms with van der Waals surface area (Å²) >= 11 is 0. The molecule has 2 aromatic heterocycles. The van der Waals surface area contributed by atoms with Crippen molar-refractivity contribution in [3.05, 3.63) is 70.8 Å². The molecule has 1 aliphatic heterocycles. The standard InChI is InChI=1S/C26H25FN6O4S/c1-32-11-13-33(14-12-32)23-15-20-22(16-21(23)27)29-24(9-5-18-6-10-25(31-34)37-18)30-26(20)28-17-3-7-19(8-4-17)38(2,35)36/h3-10,15-16H,11-14H2,1-2H3,(H,28,29,30)/b9-5+. The number of likely N-dealkylation sites (N-methyl/N-ethyl adjacent to an activating group) is 1. The maximum Gasteiger partial charge on any atom is 0.260 e. The number of benzene rings is 2. The van der Waals surface area contributed by atoms with Gasteiger partial charge in [0.25, 0.3) is 5.88 Å². The van der Waals surface area contributed by atoms with Crippen molar-refractivity contribution in [3.63, 3.8) is 0 Å². The predicted octanol–water partition coefficient (Wildman–Crippen LogP) is 4.83. The third kappa shape index (κ3) is 5.55. The highest BCUT2D eigenvalue weighted by molar-refractivity contribution is 7.90. The van der Waals surface area contributed by atoms with Gasteiger partial charge in [-0.3, -0.25) is 0 Å². The molecule has 0 aliphatic carbocycles. The molecule has 0 saturated carbocycles. The van der Waals surface area contributed by atoms with E-state index >= 15 is 4.39 Å². The van der Waals surface area contributed by atoms with E-state index in [0.29, 0.717) is 46.9 Å². The molecule has 0 unspecified atom stereocenters. The molecule has 0 bridgehead atoms. The molecule has 38 heavy (non-hydrogen) atoms. The van der Waals surface area contributed by atoms with Crippen LogP contribution in [0.1, 0.15) is 11.6 Å². The predicted molar refractivity (Wildman–Crippen MR) is 145 cm³/mol. The fraction of sp³-hybridized carbons (Fsp3) is 0.231. The number of nitrogens with zero attached hydrogens (tertiary/aromatic N) is 5. The number of fused-ring (bicyclic) bond motifs is 1. The number of anilines is 3. The molecule has 10 nitrogen and oxygen atoms in total. The number of rotatable bonds is 7. The lowest BCUT2D eigenvalue weighted by Crippen LogP contribution is -2.44. The Kier molecular flexibility index (Phi) is 6.91. The third-order valence-corrected chi connectivity index (χ3v) is 7.40. The van der Waals surface area contributed by atoms with Crippen molar-refractivity contribution in [2.45, 2.75) is 4.90 Å². The van der Waals surface area contributed by atoms with Crippen LogP contribution in [-0.4, -0.2) is 62.8 Å². The summed E-state index contributed by atoms with van der Waals surface area (Å²) in [7, 11) is -1.31. The maximum absolute atomic E-state index is 15.3. The van der Waals surface area contributed by atoms with Gasteiger partial charge >= 0.3 is 0 Å². The zero-order chi connectivity index (χ0) is 26.9. The Bertz CT molecular complexity index is 1630. The van der Waals surface area contributed by atoms with Crippen LogP contribution in [-0.2, 0) is 9.84 Å². The van der Waals surface area contributed by atoms with Crippen LogP contribution in [0.2, 0.25) is 0 Å². The Hall–Kier alpha value is -4.16. The number of furan rings is 1. The van der Waals surface area contributed by atoms with Crippen LogP contribution in [0.25, 0.3) is 23.1 Å². The lowest BCUT2D eigenvalue weighted by atomic mass is 10.1. The first-order chi connectivity index (χ1) is 18.2. The van der Waals surface area contributed by atoms with E-state index < -0.39 is 9.84 Å². The van der Waals surface area contributed by atoms with Gasteiger partial charge in [0.2, 0.25) is 0 Å². The molecule has 0 atom stereocenters. The number of nitrogens with one attached hydrogen (secondary N) is 1. The van der Waals surface area contributed by atoms with E-state index in [1.807, 2.05) is 11.9 Å². The highest BCUT2D eigenvalue weighted by Crippen LogP contribution is 2.32. The van der Waals surface area contributed by atoms with E-state index in [4.69, 9.17) is 4.42 Å². The van der Waals surface area contributed by atoms with Crippen molar-refractivity contribution >= 4 is 56.0 Å². The van der Waals surface area contributed by atoms with Crippen LogP contribution in [0.15, 0.2) is 63.0 Å². The summed E-state index contributed by atoms with van der Waals surface area (Å²) in [5.74, 6) is 0.642. The van der Waals surface area contributed by atoms with Gasteiger partial charge in [-0.25, -0.2) is 22.8 Å². The number of aromatic nitrogens is 2. The topological polar surface area (TPSA) is 121 Å². The van der Waals surface area contributed by atoms with Crippen LogP contribution in [0.5, 0.6) is 0 Å². The van der Waals surface area contributed by atoms with Crippen LogP contribution < -0.4 is 10.2 Å². The van der Waals surface area contributed by atoms with Gasteiger partial charge in [-0.05, 0) is 55.6 Å². The van der Waals surface area contributed by atoms with Gasteiger partial charge in [-0.1, -0.05) is 0 Å². The molecule has 5 rings (SSSR count). The fourth-order valence-electron chi connectivity index (χ4n) is 4.18. The summed E-state index contributed by atoms with van der Waals surface area (Å²) in [6.45, 7) is 3.03. The minimum atomic E-state index is -3.34. The van der Waals surface area contributed by atoms with Crippen molar-refractivity contribution in [2.75, 3.05) is 49.7 Å². The Morgan fingerprint density at radius 1 is 1.03 bits per heavy atom. The average molecular weight is 537 g/mol. The Morgan fingerprint density at radius 2 is 1.76 bits per heavy atom. The average Bonchev–Trinajstić information content (AvgIpc) is 3.36. The molecule has 1 N–H and O–H groups in total. The van der Waals surface area contributed by atoms with Crippen molar-refractivity contribution in [1.29, 1.82) is 0 Å². The number of piperazine rings is 1. The molecule has 196 valence electrons. The molecule has 0 spiro atoms. The molecular weight excluding hydrogens is 511 g/mol. The van der Waals surface area contributed by atoms with Crippen LogP contribution in [0, 0.1) is 10.7 Å². The molecule has 0 amide bonds. The van der Waals surface area contributed by atoms with E-state index in [-0.39, 0.29) is 22.4 Å². The number of nitroso groups, excluding NO2 is 1. The second-order valence-corrected chi connectivity index (χ2v) is 11.1. The van der Waals surface area contributed by atoms with Gasteiger partial charge in [0, 0.05) is 60.8 Å². The van der Waals surface area contributed by atoms with Gasteiger partial charge in [-0.2, -0.15) is 0 Å². The summed E-state index contributed by atoms with van der Waals surface area (Å²) in [5.41, 5.74) is 1.46. The Balaban J connectivity index is 1.56. The van der Waals surface area contributed by atoms with Gasteiger partial charge < -0.3 is 19.5 Å². The van der Waals surface area contributed by atoms with Gasteiger partial charge in [0.1, 0.15) is 17.4 Å². The second kappa shape index (κ2) is 10.3. The van der Waals surface area contributed by atoms with Gasteiger partial charge in [0.15, 0.2) is 15.7 Å². The largest absolute Gasteiger partial charge is 0.436 e. The molecule has 1 saturated heterocycles. The quantitative estimate of drug-likeness (QED) is 0.331. The van der Waals surface area contributed by atoms with Crippen molar-refractivity contribution in [1.82, 2.24) is 14.9 Å². The van der Waals surface area contributed by atoms with Crippen molar-refractivity contribution in [3.8, 4) is 0 Å². The Morgan fingerprint density at radius 3 is 2.42 bits per heavy atom. The van der Waals surface area contributed by atoms with Crippen molar-refractivity contribution in [2.24, 2.45) is 5.18 Å². The van der Waals surface area contributed by atoms with E-state index in [1.165, 1.54) is 24.3 Å². The number of halogens is 1. The molecule has 1 aliphatic rings.